The topological polar surface area (TPSA) is 127 Å². The van der Waals surface area contributed by atoms with E-state index in [1.807, 2.05) is 0 Å². The van der Waals surface area contributed by atoms with Crippen LogP contribution in [0.1, 0.15) is 27.3 Å². The first-order chi connectivity index (χ1) is 14.0. The number of halogens is 2. The number of anilines is 1. The number of carbonyl (C=O) groups excluding carboxylic acids is 1. The number of alkyl halides is 2. The van der Waals surface area contributed by atoms with Crippen LogP contribution < -0.4 is 10.9 Å². The zero-order valence-corrected chi connectivity index (χ0v) is 16.9. The summed E-state index contributed by atoms with van der Waals surface area (Å²) >= 11 is 0. The predicted octanol–water partition coefficient (Wildman–Crippen LogP) is 2.13. The third-order valence-electron chi connectivity index (χ3n) is 4.33. The number of aromatic amines is 1. The first kappa shape index (κ1) is 21.3. The molecule has 1 aromatic carbocycles. The van der Waals surface area contributed by atoms with E-state index in [9.17, 15) is 26.8 Å². The standard InChI is InChI=1S/C18H17F2N5O4S/c1-9-8-14(25(24-9)18-21-11(3)10(2)15(26)23-18)22-16(27)12-6-4-5-7-13(12)30(28,29)17(19)20/h4-8,17H,1-3H3,(H,22,27)(H,21,23,26). The molecule has 12 heteroatoms. The predicted molar refractivity (Wildman–Crippen MR) is 104 cm³/mol. The van der Waals surface area contributed by atoms with Gasteiger partial charge in [-0.25, -0.2) is 13.4 Å². The van der Waals surface area contributed by atoms with Gasteiger partial charge in [0, 0.05) is 17.3 Å². The first-order valence-electron chi connectivity index (χ1n) is 8.59. The zero-order valence-electron chi connectivity index (χ0n) is 16.1. The van der Waals surface area contributed by atoms with E-state index in [1.54, 1.807) is 20.8 Å². The molecule has 0 aliphatic carbocycles. The Hall–Kier alpha value is -3.41. The van der Waals surface area contributed by atoms with Gasteiger partial charge in [-0.2, -0.15) is 18.6 Å². The Labute approximate surface area is 169 Å². The fourth-order valence-electron chi connectivity index (χ4n) is 2.66. The van der Waals surface area contributed by atoms with E-state index in [-0.39, 0.29) is 11.8 Å². The van der Waals surface area contributed by atoms with E-state index in [0.717, 1.165) is 16.8 Å². The Morgan fingerprint density at radius 2 is 1.87 bits per heavy atom. The largest absolute Gasteiger partial charge is 0.341 e. The van der Waals surface area contributed by atoms with Crippen LogP contribution in [0.2, 0.25) is 0 Å². The Morgan fingerprint density at radius 3 is 2.50 bits per heavy atom. The summed E-state index contributed by atoms with van der Waals surface area (Å²) in [7, 11) is -4.99. The van der Waals surface area contributed by atoms with E-state index in [2.05, 4.69) is 20.4 Å². The smallest absolute Gasteiger partial charge is 0.306 e. The molecule has 0 radical (unpaired) electrons. The summed E-state index contributed by atoms with van der Waals surface area (Å²) in [6.45, 7) is 4.86. The highest BCUT2D eigenvalue weighted by atomic mass is 32.2. The Morgan fingerprint density at radius 1 is 1.20 bits per heavy atom. The molecular formula is C18H17F2N5O4S. The van der Waals surface area contributed by atoms with Gasteiger partial charge in [0.05, 0.1) is 16.2 Å². The first-order valence-corrected chi connectivity index (χ1v) is 10.1. The van der Waals surface area contributed by atoms with Gasteiger partial charge in [-0.3, -0.25) is 14.6 Å². The second kappa shape index (κ2) is 7.78. The van der Waals surface area contributed by atoms with Gasteiger partial charge in [0.25, 0.3) is 11.5 Å². The van der Waals surface area contributed by atoms with Crippen molar-refractivity contribution in [3.63, 3.8) is 0 Å². The minimum absolute atomic E-state index is 0.0278. The number of rotatable bonds is 5. The van der Waals surface area contributed by atoms with Crippen LogP contribution in [-0.2, 0) is 9.84 Å². The number of benzene rings is 1. The minimum atomic E-state index is -4.99. The molecule has 2 heterocycles. The lowest BCUT2D eigenvalue weighted by molar-refractivity contribution is 0.102. The number of hydrogen-bond donors (Lipinski definition) is 2. The number of amides is 1. The molecule has 0 aliphatic heterocycles. The van der Waals surface area contributed by atoms with E-state index in [0.29, 0.717) is 17.0 Å². The molecule has 0 unspecified atom stereocenters. The molecule has 158 valence electrons. The maximum atomic E-state index is 13.0. The maximum absolute atomic E-state index is 13.0. The number of H-pyrrole nitrogens is 1. The molecule has 0 saturated heterocycles. The number of nitrogens with zero attached hydrogens (tertiary/aromatic N) is 3. The number of aromatic nitrogens is 4. The Balaban J connectivity index is 2.05. The van der Waals surface area contributed by atoms with Crippen molar-refractivity contribution in [3.8, 4) is 5.95 Å². The quantitative estimate of drug-likeness (QED) is 0.630. The average Bonchev–Trinajstić information content (AvgIpc) is 3.05. The van der Waals surface area contributed by atoms with Crippen LogP contribution in [0.5, 0.6) is 0 Å². The van der Waals surface area contributed by atoms with Crippen LogP contribution in [-0.4, -0.2) is 39.8 Å². The number of hydrogen-bond acceptors (Lipinski definition) is 6. The van der Waals surface area contributed by atoms with E-state index in [4.69, 9.17) is 0 Å². The van der Waals surface area contributed by atoms with E-state index in [1.165, 1.54) is 18.2 Å². The molecule has 0 saturated carbocycles. The highest BCUT2D eigenvalue weighted by molar-refractivity contribution is 7.91. The van der Waals surface area contributed by atoms with Crippen molar-refractivity contribution in [2.24, 2.45) is 0 Å². The molecule has 0 atom stereocenters. The SMILES string of the molecule is Cc1cc(NC(=O)c2ccccc2S(=O)(=O)C(F)F)n(-c2nc(C)c(C)c(=O)[nH]2)n1. The van der Waals surface area contributed by atoms with Crippen LogP contribution in [0, 0.1) is 20.8 Å². The summed E-state index contributed by atoms with van der Waals surface area (Å²) in [4.78, 5) is 30.8. The van der Waals surface area contributed by atoms with Crippen molar-refractivity contribution < 1.29 is 22.0 Å². The van der Waals surface area contributed by atoms with Gasteiger partial charge in [-0.15, -0.1) is 0 Å². The van der Waals surface area contributed by atoms with Crippen molar-refractivity contribution >= 4 is 21.6 Å². The molecular weight excluding hydrogens is 420 g/mol. The van der Waals surface area contributed by atoms with E-state index < -0.39 is 37.5 Å². The molecule has 3 aromatic rings. The zero-order chi connectivity index (χ0) is 22.2. The monoisotopic (exact) mass is 437 g/mol. The summed E-state index contributed by atoms with van der Waals surface area (Å²) in [5.74, 6) is -4.53. The molecule has 3 rings (SSSR count). The molecule has 0 spiro atoms. The average molecular weight is 437 g/mol. The summed E-state index contributed by atoms with van der Waals surface area (Å²) in [5.41, 5.74) is 0.479. The van der Waals surface area contributed by atoms with Crippen molar-refractivity contribution in [2.75, 3.05) is 5.32 Å². The number of nitrogens with one attached hydrogen (secondary N) is 2. The van der Waals surface area contributed by atoms with Crippen LogP contribution >= 0.6 is 0 Å². The number of carbonyl (C=O) groups is 1. The van der Waals surface area contributed by atoms with Gasteiger partial charge in [-0.1, -0.05) is 12.1 Å². The fourth-order valence-corrected chi connectivity index (χ4v) is 3.59. The lowest BCUT2D eigenvalue weighted by Crippen LogP contribution is -2.22. The van der Waals surface area contributed by atoms with Crippen molar-refractivity contribution in [1.82, 2.24) is 19.7 Å². The minimum Gasteiger partial charge on any atom is -0.306 e. The van der Waals surface area contributed by atoms with Gasteiger partial charge >= 0.3 is 5.76 Å². The van der Waals surface area contributed by atoms with Gasteiger partial charge in [0.1, 0.15) is 5.82 Å². The highest BCUT2D eigenvalue weighted by Gasteiger charge is 2.31. The third kappa shape index (κ3) is 3.85. The maximum Gasteiger partial charge on any atom is 0.341 e. The molecule has 30 heavy (non-hydrogen) atoms. The number of aryl methyl sites for hydroxylation is 2. The van der Waals surface area contributed by atoms with Gasteiger partial charge in [0.15, 0.2) is 0 Å². The van der Waals surface area contributed by atoms with Crippen molar-refractivity contribution in [2.45, 2.75) is 31.4 Å². The van der Waals surface area contributed by atoms with Gasteiger partial charge in [0.2, 0.25) is 15.8 Å². The highest BCUT2D eigenvalue weighted by Crippen LogP contribution is 2.24. The van der Waals surface area contributed by atoms with Crippen LogP contribution in [0.25, 0.3) is 5.95 Å². The summed E-state index contributed by atoms with van der Waals surface area (Å²) < 4.78 is 51.0. The summed E-state index contributed by atoms with van der Waals surface area (Å²) in [6, 6.07) is 6.10. The Kier molecular flexibility index (Phi) is 5.53. The third-order valence-corrected chi connectivity index (χ3v) is 5.77. The second-order valence-electron chi connectivity index (χ2n) is 6.44. The number of sulfone groups is 1. The second-order valence-corrected chi connectivity index (χ2v) is 8.32. The Bertz CT molecular complexity index is 1300. The van der Waals surface area contributed by atoms with Crippen molar-refractivity contribution in [3.05, 3.63) is 63.2 Å². The van der Waals surface area contributed by atoms with Crippen LogP contribution in [0.3, 0.4) is 0 Å². The molecule has 1 amide bonds. The molecule has 0 aliphatic rings. The molecule has 2 aromatic heterocycles. The molecule has 9 nitrogen and oxygen atoms in total. The molecule has 0 bridgehead atoms. The fraction of sp³-hybridized carbons (Fsp3) is 0.222. The summed E-state index contributed by atoms with van der Waals surface area (Å²) in [6.07, 6.45) is 0. The summed E-state index contributed by atoms with van der Waals surface area (Å²) in [5, 5.41) is 6.61. The van der Waals surface area contributed by atoms with Crippen LogP contribution in [0.4, 0.5) is 14.6 Å². The van der Waals surface area contributed by atoms with Crippen LogP contribution in [0.15, 0.2) is 40.0 Å². The van der Waals surface area contributed by atoms with E-state index >= 15 is 0 Å². The lowest BCUT2D eigenvalue weighted by atomic mass is 10.2. The van der Waals surface area contributed by atoms with Gasteiger partial charge < -0.3 is 5.32 Å². The lowest BCUT2D eigenvalue weighted by Gasteiger charge is -2.12. The van der Waals surface area contributed by atoms with Crippen molar-refractivity contribution in [1.29, 1.82) is 0 Å². The normalized spacial score (nSPS) is 11.7. The molecule has 0 fully saturated rings. The molecule has 2 N–H and O–H groups in total. The van der Waals surface area contributed by atoms with Gasteiger partial charge in [-0.05, 0) is 32.9 Å².